The van der Waals surface area contributed by atoms with Gasteiger partial charge in [0.15, 0.2) is 5.72 Å². The summed E-state index contributed by atoms with van der Waals surface area (Å²) in [6.45, 7) is 6.23. The Labute approximate surface area is 103 Å². The Balaban J connectivity index is 2.60. The number of carbonyl (C=O) groups is 1. The molecule has 0 radical (unpaired) electrons. The first kappa shape index (κ1) is 14.0. The van der Waals surface area contributed by atoms with E-state index in [1.807, 2.05) is 6.92 Å². The van der Waals surface area contributed by atoms with E-state index in [4.69, 9.17) is 15.9 Å². The molecule has 1 unspecified atom stereocenters. The van der Waals surface area contributed by atoms with Gasteiger partial charge >= 0.3 is 0 Å². The van der Waals surface area contributed by atoms with Crippen LogP contribution >= 0.6 is 0 Å². The summed E-state index contributed by atoms with van der Waals surface area (Å²) >= 11 is 0. The Bertz CT molecular complexity index is 275. The minimum Gasteiger partial charge on any atom is -0.446 e. The van der Waals surface area contributed by atoms with E-state index < -0.39 is 5.72 Å². The lowest BCUT2D eigenvalue weighted by Gasteiger charge is -2.43. The summed E-state index contributed by atoms with van der Waals surface area (Å²) in [6.07, 6.45) is 3.54. The second-order valence-corrected chi connectivity index (χ2v) is 4.86. The van der Waals surface area contributed by atoms with E-state index in [0.717, 1.165) is 38.8 Å². The van der Waals surface area contributed by atoms with Crippen LogP contribution in [0.3, 0.4) is 0 Å². The van der Waals surface area contributed by atoms with Gasteiger partial charge in [0.05, 0.1) is 5.84 Å². The van der Waals surface area contributed by atoms with Crippen molar-refractivity contribution in [3.8, 4) is 0 Å². The molecule has 3 N–H and O–H groups in total. The van der Waals surface area contributed by atoms with Crippen molar-refractivity contribution in [2.75, 3.05) is 13.1 Å². The van der Waals surface area contributed by atoms with Crippen molar-refractivity contribution in [3.63, 3.8) is 0 Å². The summed E-state index contributed by atoms with van der Waals surface area (Å²) in [5, 5.41) is 7.44. The quantitative estimate of drug-likeness (QED) is 0.417. The van der Waals surface area contributed by atoms with Crippen molar-refractivity contribution in [2.24, 2.45) is 11.7 Å². The number of amidine groups is 1. The van der Waals surface area contributed by atoms with Crippen LogP contribution in [0, 0.1) is 11.3 Å². The highest BCUT2D eigenvalue weighted by atomic mass is 16.6. The van der Waals surface area contributed by atoms with Gasteiger partial charge in [0.25, 0.3) is 6.47 Å². The van der Waals surface area contributed by atoms with Crippen LogP contribution in [0.5, 0.6) is 0 Å². The first-order valence-corrected chi connectivity index (χ1v) is 6.24. The molecule has 0 amide bonds. The molecule has 0 aliphatic carbocycles. The van der Waals surface area contributed by atoms with E-state index in [1.54, 1.807) is 0 Å². The number of ether oxygens (including phenoxy) is 1. The average molecular weight is 241 g/mol. The number of hydrogen-bond donors (Lipinski definition) is 2. The molecule has 1 atom stereocenters. The van der Waals surface area contributed by atoms with Crippen molar-refractivity contribution >= 4 is 12.3 Å². The largest absolute Gasteiger partial charge is 0.446 e. The predicted molar refractivity (Wildman–Crippen MR) is 66.7 cm³/mol. The number of hydrogen-bond acceptors (Lipinski definition) is 4. The van der Waals surface area contributed by atoms with Gasteiger partial charge in [-0.1, -0.05) is 13.3 Å². The molecule has 0 bridgehead atoms. The fourth-order valence-electron chi connectivity index (χ4n) is 2.52. The molecule has 0 aromatic heterocycles. The van der Waals surface area contributed by atoms with Gasteiger partial charge < -0.3 is 10.5 Å². The van der Waals surface area contributed by atoms with Crippen LogP contribution in [0.2, 0.25) is 0 Å². The van der Waals surface area contributed by atoms with Crippen molar-refractivity contribution < 1.29 is 9.53 Å². The van der Waals surface area contributed by atoms with Crippen LogP contribution in [0.15, 0.2) is 0 Å². The maximum atomic E-state index is 10.6. The molecule has 1 saturated heterocycles. The minimum atomic E-state index is -0.502. The minimum absolute atomic E-state index is 0.188. The van der Waals surface area contributed by atoms with Crippen LogP contribution < -0.4 is 5.73 Å². The summed E-state index contributed by atoms with van der Waals surface area (Å²) in [5.41, 5.74) is 5.01. The average Bonchev–Trinajstić information content (AvgIpc) is 2.30. The number of nitrogens with zero attached hydrogens (tertiary/aromatic N) is 1. The molecule has 1 heterocycles. The van der Waals surface area contributed by atoms with Crippen LogP contribution in [0.4, 0.5) is 0 Å². The Morgan fingerprint density at radius 3 is 2.59 bits per heavy atom. The number of nitrogens with two attached hydrogens (primary N) is 1. The highest BCUT2D eigenvalue weighted by molar-refractivity contribution is 5.79. The number of nitrogens with one attached hydrogen (secondary N) is 1. The van der Waals surface area contributed by atoms with Gasteiger partial charge in [-0.2, -0.15) is 0 Å². The standard InChI is InChI=1S/C12H23N3O2/c1-3-6-12(2,17-9-16)15-7-4-10(5-8-15)11(13)14/h9-10H,3-8H2,1-2H3,(H3,13,14). The van der Waals surface area contributed by atoms with Crippen molar-refractivity contribution in [2.45, 2.75) is 45.3 Å². The van der Waals surface area contributed by atoms with E-state index in [0.29, 0.717) is 6.47 Å². The molecule has 0 spiro atoms. The fraction of sp³-hybridized carbons (Fsp3) is 0.833. The summed E-state index contributed by atoms with van der Waals surface area (Å²) in [7, 11) is 0. The highest BCUT2D eigenvalue weighted by Gasteiger charge is 2.35. The van der Waals surface area contributed by atoms with Crippen molar-refractivity contribution in [3.05, 3.63) is 0 Å². The van der Waals surface area contributed by atoms with Gasteiger partial charge in [-0.3, -0.25) is 15.1 Å². The summed E-state index contributed by atoms with van der Waals surface area (Å²) in [4.78, 5) is 12.8. The van der Waals surface area contributed by atoms with Gasteiger partial charge in [-0.25, -0.2) is 0 Å². The van der Waals surface area contributed by atoms with Gasteiger partial charge in [0.1, 0.15) is 0 Å². The van der Waals surface area contributed by atoms with E-state index in [9.17, 15) is 4.79 Å². The number of likely N-dealkylation sites (tertiary alicyclic amines) is 1. The van der Waals surface area contributed by atoms with E-state index in [1.165, 1.54) is 0 Å². The SMILES string of the molecule is CCCC(C)(OC=O)N1CCC(C(=N)N)CC1. The van der Waals surface area contributed by atoms with Crippen LogP contribution in [-0.2, 0) is 9.53 Å². The lowest BCUT2D eigenvalue weighted by molar-refractivity contribution is -0.170. The third-order valence-corrected chi connectivity index (χ3v) is 3.62. The van der Waals surface area contributed by atoms with Crippen LogP contribution in [0.25, 0.3) is 0 Å². The molecule has 0 aromatic carbocycles. The molecule has 1 rings (SSSR count). The van der Waals surface area contributed by atoms with E-state index in [2.05, 4.69) is 11.8 Å². The molecule has 0 aromatic rings. The van der Waals surface area contributed by atoms with Crippen molar-refractivity contribution in [1.82, 2.24) is 4.90 Å². The zero-order chi connectivity index (χ0) is 12.9. The second kappa shape index (κ2) is 6.00. The second-order valence-electron chi connectivity index (χ2n) is 4.86. The number of rotatable bonds is 6. The monoisotopic (exact) mass is 241 g/mol. The lowest BCUT2D eigenvalue weighted by atomic mass is 9.93. The molecule has 98 valence electrons. The Hall–Kier alpha value is -1.10. The van der Waals surface area contributed by atoms with E-state index >= 15 is 0 Å². The molecular weight excluding hydrogens is 218 g/mol. The molecular formula is C12H23N3O2. The summed E-state index contributed by atoms with van der Waals surface area (Å²) in [5.74, 6) is 0.464. The maximum absolute atomic E-state index is 10.6. The van der Waals surface area contributed by atoms with Crippen molar-refractivity contribution in [1.29, 1.82) is 5.41 Å². The molecule has 0 saturated carbocycles. The number of piperidine rings is 1. The van der Waals surface area contributed by atoms with Crippen LogP contribution in [0.1, 0.15) is 39.5 Å². The summed E-state index contributed by atoms with van der Waals surface area (Å²) < 4.78 is 5.27. The van der Waals surface area contributed by atoms with Gasteiger partial charge in [0.2, 0.25) is 0 Å². The predicted octanol–water partition coefficient (Wildman–Crippen LogP) is 1.32. The fourth-order valence-corrected chi connectivity index (χ4v) is 2.52. The Kier molecular flexibility index (Phi) is 4.93. The first-order chi connectivity index (χ1) is 8.03. The van der Waals surface area contributed by atoms with Gasteiger partial charge in [0, 0.05) is 25.4 Å². The third-order valence-electron chi connectivity index (χ3n) is 3.62. The molecule has 1 fully saturated rings. The summed E-state index contributed by atoms with van der Waals surface area (Å²) in [6, 6.07) is 0. The highest BCUT2D eigenvalue weighted by Crippen LogP contribution is 2.28. The normalized spacial score (nSPS) is 21.8. The van der Waals surface area contributed by atoms with E-state index in [-0.39, 0.29) is 11.8 Å². The topological polar surface area (TPSA) is 79.4 Å². The lowest BCUT2D eigenvalue weighted by Crippen LogP contribution is -2.52. The smallest absolute Gasteiger partial charge is 0.294 e. The van der Waals surface area contributed by atoms with Crippen LogP contribution in [-0.4, -0.2) is 36.0 Å². The third kappa shape index (κ3) is 3.43. The Morgan fingerprint density at radius 1 is 1.59 bits per heavy atom. The molecule has 5 nitrogen and oxygen atoms in total. The zero-order valence-electron chi connectivity index (χ0n) is 10.7. The molecule has 1 aliphatic heterocycles. The first-order valence-electron chi connectivity index (χ1n) is 6.24. The van der Waals surface area contributed by atoms with Gasteiger partial charge in [-0.15, -0.1) is 0 Å². The zero-order valence-corrected chi connectivity index (χ0v) is 10.7. The molecule has 17 heavy (non-hydrogen) atoms. The molecule has 5 heteroatoms. The maximum Gasteiger partial charge on any atom is 0.294 e. The number of carbonyl (C=O) groups excluding carboxylic acids is 1. The van der Waals surface area contributed by atoms with Gasteiger partial charge in [-0.05, 0) is 19.8 Å². The Morgan fingerprint density at radius 2 is 2.18 bits per heavy atom. The molecule has 1 aliphatic rings.